The predicted molar refractivity (Wildman–Crippen MR) is 62.3 cm³/mol. The number of piperidine rings is 1. The molecule has 0 aromatic rings. The summed E-state index contributed by atoms with van der Waals surface area (Å²) in [6.45, 7) is 10.6. The zero-order valence-corrected chi connectivity index (χ0v) is 10.00. The van der Waals surface area contributed by atoms with Crippen molar-refractivity contribution in [3.8, 4) is 0 Å². The summed E-state index contributed by atoms with van der Waals surface area (Å²) in [6.07, 6.45) is 3.89. The lowest BCUT2D eigenvalue weighted by Crippen LogP contribution is -2.46. The second-order valence-electron chi connectivity index (χ2n) is 5.27. The fraction of sp³-hybridized carbons (Fsp3) is 1.00. The SMILES string of the molecule is CC(C)CCCN1CCC(N)C(C)C1. The zero-order valence-electron chi connectivity index (χ0n) is 10.00. The molecule has 1 rings (SSSR count). The third-order valence-electron chi connectivity index (χ3n) is 3.31. The van der Waals surface area contributed by atoms with Crippen LogP contribution in [0.2, 0.25) is 0 Å². The van der Waals surface area contributed by atoms with Gasteiger partial charge in [-0.1, -0.05) is 20.8 Å². The van der Waals surface area contributed by atoms with Gasteiger partial charge in [-0.2, -0.15) is 0 Å². The van der Waals surface area contributed by atoms with Gasteiger partial charge in [0.2, 0.25) is 0 Å². The smallest absolute Gasteiger partial charge is 0.00889 e. The first-order valence-electron chi connectivity index (χ1n) is 6.07. The molecule has 0 radical (unpaired) electrons. The van der Waals surface area contributed by atoms with Crippen molar-refractivity contribution >= 4 is 0 Å². The van der Waals surface area contributed by atoms with Gasteiger partial charge in [-0.3, -0.25) is 0 Å². The van der Waals surface area contributed by atoms with Crippen LogP contribution in [0.4, 0.5) is 0 Å². The Balaban J connectivity index is 2.13. The third kappa shape index (κ3) is 3.97. The van der Waals surface area contributed by atoms with E-state index in [1.807, 2.05) is 0 Å². The van der Waals surface area contributed by atoms with Crippen LogP contribution < -0.4 is 5.73 Å². The third-order valence-corrected chi connectivity index (χ3v) is 3.31. The zero-order chi connectivity index (χ0) is 10.6. The van der Waals surface area contributed by atoms with Crippen LogP contribution in [0.1, 0.15) is 40.0 Å². The van der Waals surface area contributed by atoms with E-state index in [1.54, 1.807) is 0 Å². The predicted octanol–water partition coefficient (Wildman–Crippen LogP) is 2.09. The van der Waals surface area contributed by atoms with E-state index in [0.717, 1.165) is 5.92 Å². The van der Waals surface area contributed by atoms with Crippen molar-refractivity contribution in [2.45, 2.75) is 46.1 Å². The number of nitrogens with two attached hydrogens (primary N) is 1. The number of hydrogen-bond donors (Lipinski definition) is 1. The summed E-state index contributed by atoms with van der Waals surface area (Å²) in [7, 11) is 0. The number of nitrogens with zero attached hydrogens (tertiary/aromatic N) is 1. The largest absolute Gasteiger partial charge is 0.327 e. The molecular weight excluding hydrogens is 172 g/mol. The van der Waals surface area contributed by atoms with E-state index in [9.17, 15) is 0 Å². The maximum Gasteiger partial charge on any atom is 0.00889 e. The molecule has 1 heterocycles. The molecule has 1 fully saturated rings. The van der Waals surface area contributed by atoms with Crippen molar-refractivity contribution in [1.82, 2.24) is 4.90 Å². The van der Waals surface area contributed by atoms with Gasteiger partial charge in [-0.25, -0.2) is 0 Å². The van der Waals surface area contributed by atoms with Gasteiger partial charge in [0.05, 0.1) is 0 Å². The van der Waals surface area contributed by atoms with Crippen molar-refractivity contribution < 1.29 is 0 Å². The van der Waals surface area contributed by atoms with E-state index in [2.05, 4.69) is 25.7 Å². The monoisotopic (exact) mass is 198 g/mol. The highest BCUT2D eigenvalue weighted by molar-refractivity contribution is 4.79. The van der Waals surface area contributed by atoms with Crippen molar-refractivity contribution in [1.29, 1.82) is 0 Å². The van der Waals surface area contributed by atoms with Gasteiger partial charge in [0.15, 0.2) is 0 Å². The van der Waals surface area contributed by atoms with Gasteiger partial charge < -0.3 is 10.6 Å². The number of hydrogen-bond acceptors (Lipinski definition) is 2. The first-order valence-corrected chi connectivity index (χ1v) is 6.07. The Kier molecular flexibility index (Phi) is 4.90. The van der Waals surface area contributed by atoms with E-state index in [0.29, 0.717) is 12.0 Å². The van der Waals surface area contributed by atoms with Crippen LogP contribution in [-0.2, 0) is 0 Å². The Bertz CT molecular complexity index is 156. The molecule has 0 amide bonds. The lowest BCUT2D eigenvalue weighted by atomic mass is 9.94. The fourth-order valence-electron chi connectivity index (χ4n) is 2.18. The van der Waals surface area contributed by atoms with Crippen LogP contribution in [0.15, 0.2) is 0 Å². The highest BCUT2D eigenvalue weighted by atomic mass is 15.1. The molecule has 0 saturated carbocycles. The minimum absolute atomic E-state index is 0.441. The van der Waals surface area contributed by atoms with E-state index < -0.39 is 0 Å². The molecule has 2 heteroatoms. The molecule has 0 spiro atoms. The van der Waals surface area contributed by atoms with Crippen LogP contribution in [0.3, 0.4) is 0 Å². The van der Waals surface area contributed by atoms with Crippen LogP contribution in [0.25, 0.3) is 0 Å². The van der Waals surface area contributed by atoms with Crippen LogP contribution in [-0.4, -0.2) is 30.6 Å². The lowest BCUT2D eigenvalue weighted by Gasteiger charge is -2.35. The molecule has 2 N–H and O–H groups in total. The fourth-order valence-corrected chi connectivity index (χ4v) is 2.18. The topological polar surface area (TPSA) is 29.3 Å². The molecule has 14 heavy (non-hydrogen) atoms. The van der Waals surface area contributed by atoms with Gasteiger partial charge in [-0.05, 0) is 44.2 Å². The maximum atomic E-state index is 5.99. The molecule has 1 aliphatic heterocycles. The minimum Gasteiger partial charge on any atom is -0.327 e. The first-order chi connectivity index (χ1) is 6.59. The van der Waals surface area contributed by atoms with Gasteiger partial charge >= 0.3 is 0 Å². The Labute approximate surface area is 88.8 Å². The van der Waals surface area contributed by atoms with E-state index in [1.165, 1.54) is 38.9 Å². The van der Waals surface area contributed by atoms with E-state index >= 15 is 0 Å². The molecule has 1 saturated heterocycles. The summed E-state index contributed by atoms with van der Waals surface area (Å²) in [5.74, 6) is 1.53. The van der Waals surface area contributed by atoms with Crippen LogP contribution >= 0.6 is 0 Å². The highest BCUT2D eigenvalue weighted by Crippen LogP contribution is 2.15. The quantitative estimate of drug-likeness (QED) is 0.749. The molecular formula is C12H26N2. The van der Waals surface area contributed by atoms with Gasteiger partial charge in [0, 0.05) is 12.6 Å². The summed E-state index contributed by atoms with van der Waals surface area (Å²) >= 11 is 0. The summed E-state index contributed by atoms with van der Waals surface area (Å²) in [6, 6.07) is 0.441. The average Bonchev–Trinajstić information content (AvgIpc) is 2.10. The minimum atomic E-state index is 0.441. The normalized spacial score (nSPS) is 29.8. The lowest BCUT2D eigenvalue weighted by molar-refractivity contribution is 0.160. The Hall–Kier alpha value is -0.0800. The number of likely N-dealkylation sites (tertiary alicyclic amines) is 1. The molecule has 2 nitrogen and oxygen atoms in total. The molecule has 84 valence electrons. The Morgan fingerprint density at radius 3 is 2.71 bits per heavy atom. The van der Waals surface area contributed by atoms with Gasteiger partial charge in [0.1, 0.15) is 0 Å². The molecule has 2 atom stereocenters. The van der Waals surface area contributed by atoms with E-state index in [-0.39, 0.29) is 0 Å². The first kappa shape index (κ1) is 12.0. The van der Waals surface area contributed by atoms with E-state index in [4.69, 9.17) is 5.73 Å². The molecule has 2 unspecified atom stereocenters. The van der Waals surface area contributed by atoms with Gasteiger partial charge in [-0.15, -0.1) is 0 Å². The van der Waals surface area contributed by atoms with Crippen molar-refractivity contribution in [2.75, 3.05) is 19.6 Å². The van der Waals surface area contributed by atoms with Crippen molar-refractivity contribution in [3.05, 3.63) is 0 Å². The average molecular weight is 198 g/mol. The molecule has 0 aromatic heterocycles. The van der Waals surface area contributed by atoms with Crippen molar-refractivity contribution in [3.63, 3.8) is 0 Å². The molecule has 0 aliphatic carbocycles. The maximum absolute atomic E-state index is 5.99. The summed E-state index contributed by atoms with van der Waals surface area (Å²) in [4.78, 5) is 2.58. The summed E-state index contributed by atoms with van der Waals surface area (Å²) < 4.78 is 0. The Morgan fingerprint density at radius 2 is 2.14 bits per heavy atom. The Morgan fingerprint density at radius 1 is 1.43 bits per heavy atom. The second kappa shape index (κ2) is 5.72. The second-order valence-corrected chi connectivity index (χ2v) is 5.27. The summed E-state index contributed by atoms with van der Waals surface area (Å²) in [5.41, 5.74) is 5.99. The molecule has 0 aromatic carbocycles. The standard InChI is InChI=1S/C12H26N2/c1-10(2)5-4-7-14-8-6-12(13)11(3)9-14/h10-12H,4-9,13H2,1-3H3. The van der Waals surface area contributed by atoms with Gasteiger partial charge in [0.25, 0.3) is 0 Å². The highest BCUT2D eigenvalue weighted by Gasteiger charge is 2.22. The van der Waals surface area contributed by atoms with Crippen LogP contribution in [0.5, 0.6) is 0 Å². The van der Waals surface area contributed by atoms with Crippen molar-refractivity contribution in [2.24, 2.45) is 17.6 Å². The molecule has 1 aliphatic rings. The van der Waals surface area contributed by atoms with Crippen LogP contribution in [0, 0.1) is 11.8 Å². The summed E-state index contributed by atoms with van der Waals surface area (Å²) in [5, 5.41) is 0. The molecule has 0 bridgehead atoms. The number of rotatable bonds is 4.